The lowest BCUT2D eigenvalue weighted by atomic mass is 10.1. The summed E-state index contributed by atoms with van der Waals surface area (Å²) in [5.41, 5.74) is 2.25. The molecular weight excluding hydrogens is 273 g/mol. The first-order valence-corrected chi connectivity index (χ1v) is 5.48. The fraction of sp³-hybridized carbons (Fsp3) is 0.600. The predicted octanol–water partition coefficient (Wildman–Crippen LogP) is 1.60. The van der Waals surface area contributed by atoms with Gasteiger partial charge in [-0.15, -0.1) is 0 Å². The Morgan fingerprint density at radius 3 is 2.63 bits per heavy atom. The Balaban J connectivity index is 2.19. The zero-order valence-corrected chi connectivity index (χ0v) is 9.34. The minimum atomic E-state index is -4.82. The Hall–Kier alpha value is -1.67. The number of amides is 1. The second kappa shape index (κ2) is 3.26. The van der Waals surface area contributed by atoms with E-state index in [1.807, 2.05) is 0 Å². The molecule has 1 saturated carbocycles. The average molecular weight is 281 g/mol. The van der Waals surface area contributed by atoms with Crippen LogP contribution in [0.25, 0.3) is 0 Å². The van der Waals surface area contributed by atoms with Gasteiger partial charge in [0.15, 0.2) is 5.69 Å². The van der Waals surface area contributed by atoms with Crippen LogP contribution in [0, 0.1) is 5.92 Å². The number of carbonyl (C=O) groups is 1. The number of aromatic nitrogens is 2. The molecule has 9 heteroatoms. The van der Waals surface area contributed by atoms with Crippen molar-refractivity contribution in [3.8, 4) is 0 Å². The molecule has 2 aliphatic rings. The van der Waals surface area contributed by atoms with Crippen molar-refractivity contribution in [2.24, 2.45) is 11.7 Å². The van der Waals surface area contributed by atoms with E-state index in [-0.39, 0.29) is 6.42 Å². The number of nitrogens with two attached hydrogens (primary N) is 1. The summed E-state index contributed by atoms with van der Waals surface area (Å²) in [5, 5.41) is 3.13. The van der Waals surface area contributed by atoms with Crippen molar-refractivity contribution >= 4 is 5.91 Å². The van der Waals surface area contributed by atoms with E-state index in [9.17, 15) is 26.7 Å². The highest BCUT2D eigenvalue weighted by Gasteiger charge is 2.68. The largest absolute Gasteiger partial charge is 0.435 e. The number of rotatable bonds is 2. The molecule has 3 rings (SSSR count). The highest BCUT2D eigenvalue weighted by Crippen LogP contribution is 2.68. The Morgan fingerprint density at radius 2 is 2.11 bits per heavy atom. The van der Waals surface area contributed by atoms with E-state index >= 15 is 0 Å². The number of hydrogen-bond donors (Lipinski definition) is 1. The lowest BCUT2D eigenvalue weighted by Crippen LogP contribution is -2.26. The van der Waals surface area contributed by atoms with Gasteiger partial charge in [0, 0.05) is 11.5 Å². The molecule has 2 N–H and O–H groups in total. The van der Waals surface area contributed by atoms with Gasteiger partial charge in [-0.3, -0.25) is 9.48 Å². The monoisotopic (exact) mass is 281 g/mol. The topological polar surface area (TPSA) is 60.9 Å². The maximum atomic E-state index is 13.9. The third kappa shape index (κ3) is 1.56. The van der Waals surface area contributed by atoms with Gasteiger partial charge in [-0.2, -0.15) is 27.1 Å². The van der Waals surface area contributed by atoms with Crippen molar-refractivity contribution in [1.29, 1.82) is 0 Å². The van der Waals surface area contributed by atoms with Gasteiger partial charge in [-0.05, 0) is 12.3 Å². The predicted molar refractivity (Wildman–Crippen MR) is 51.2 cm³/mol. The van der Waals surface area contributed by atoms with Gasteiger partial charge >= 0.3 is 6.18 Å². The van der Waals surface area contributed by atoms with Gasteiger partial charge in [0.1, 0.15) is 12.2 Å². The molecule has 0 spiro atoms. The van der Waals surface area contributed by atoms with Gasteiger partial charge in [0.05, 0.1) is 0 Å². The van der Waals surface area contributed by atoms with E-state index < -0.39 is 53.3 Å². The number of alkyl halides is 5. The van der Waals surface area contributed by atoms with Crippen LogP contribution in [-0.4, -0.2) is 15.7 Å². The van der Waals surface area contributed by atoms with E-state index in [1.165, 1.54) is 0 Å². The summed E-state index contributed by atoms with van der Waals surface area (Å²) in [6.07, 6.45) is -4.80. The van der Waals surface area contributed by atoms with E-state index in [2.05, 4.69) is 5.10 Å². The van der Waals surface area contributed by atoms with Crippen molar-refractivity contribution < 1.29 is 26.7 Å². The number of primary amides is 1. The van der Waals surface area contributed by atoms with Crippen molar-refractivity contribution in [3.05, 3.63) is 17.0 Å². The molecule has 2 atom stereocenters. The lowest BCUT2D eigenvalue weighted by molar-refractivity contribution is -0.142. The Kier molecular flexibility index (Phi) is 2.12. The molecule has 0 bridgehead atoms. The minimum absolute atomic E-state index is 0.0192. The van der Waals surface area contributed by atoms with Crippen LogP contribution in [0.3, 0.4) is 0 Å². The highest BCUT2D eigenvalue weighted by molar-refractivity contribution is 5.73. The van der Waals surface area contributed by atoms with Crippen LogP contribution in [0.1, 0.15) is 29.3 Å². The van der Waals surface area contributed by atoms with E-state index in [1.54, 1.807) is 0 Å². The van der Waals surface area contributed by atoms with Crippen molar-refractivity contribution in [3.63, 3.8) is 0 Å². The number of carbonyl (C=O) groups excluding carboxylic acids is 1. The number of fused-ring (bicyclic) bond motifs is 3. The first-order chi connectivity index (χ1) is 8.64. The van der Waals surface area contributed by atoms with Crippen LogP contribution >= 0.6 is 0 Å². The molecule has 0 saturated heterocycles. The Morgan fingerprint density at radius 1 is 1.47 bits per heavy atom. The minimum Gasteiger partial charge on any atom is -0.368 e. The molecule has 1 unspecified atom stereocenters. The third-order valence-corrected chi connectivity index (χ3v) is 3.51. The summed E-state index contributed by atoms with van der Waals surface area (Å²) in [6, 6.07) is 0. The van der Waals surface area contributed by atoms with Crippen molar-refractivity contribution in [2.45, 2.75) is 31.0 Å². The number of halogens is 5. The van der Waals surface area contributed by atoms with Crippen molar-refractivity contribution in [1.82, 2.24) is 9.78 Å². The molecule has 1 aromatic heterocycles. The van der Waals surface area contributed by atoms with Crippen LogP contribution in [0.2, 0.25) is 0 Å². The first kappa shape index (κ1) is 12.4. The summed E-state index contributed by atoms with van der Waals surface area (Å²) in [4.78, 5) is 10.8. The Bertz CT molecular complexity index is 576. The van der Waals surface area contributed by atoms with Gasteiger partial charge in [0.25, 0.3) is 5.92 Å². The smallest absolute Gasteiger partial charge is 0.368 e. The molecule has 104 valence electrons. The van der Waals surface area contributed by atoms with Gasteiger partial charge in [-0.25, -0.2) is 0 Å². The first-order valence-electron chi connectivity index (χ1n) is 5.48. The maximum absolute atomic E-state index is 13.9. The SMILES string of the molecule is NC(=O)Cn1nc(C(F)(F)F)c2c1C(F)(F)C1C[C@H]21. The molecule has 0 radical (unpaired) electrons. The maximum Gasteiger partial charge on any atom is 0.435 e. The van der Waals surface area contributed by atoms with E-state index in [0.29, 0.717) is 4.68 Å². The van der Waals surface area contributed by atoms with Crippen LogP contribution in [0.5, 0.6) is 0 Å². The second-order valence-corrected chi connectivity index (χ2v) is 4.80. The summed E-state index contributed by atoms with van der Waals surface area (Å²) in [7, 11) is 0. The van der Waals surface area contributed by atoms with Crippen LogP contribution < -0.4 is 5.73 Å². The van der Waals surface area contributed by atoms with Crippen molar-refractivity contribution in [2.75, 3.05) is 0 Å². The molecule has 4 nitrogen and oxygen atoms in total. The van der Waals surface area contributed by atoms with Crippen LogP contribution in [0.4, 0.5) is 22.0 Å². The van der Waals surface area contributed by atoms with Gasteiger partial charge in [-0.1, -0.05) is 0 Å². The quantitative estimate of drug-likeness (QED) is 0.837. The summed E-state index contributed by atoms with van der Waals surface area (Å²) in [5.74, 6) is -6.33. The molecule has 1 amide bonds. The van der Waals surface area contributed by atoms with Crippen LogP contribution in [0.15, 0.2) is 0 Å². The third-order valence-electron chi connectivity index (χ3n) is 3.51. The fourth-order valence-electron chi connectivity index (χ4n) is 2.74. The zero-order chi connectivity index (χ0) is 14.2. The number of nitrogens with zero attached hydrogens (tertiary/aromatic N) is 2. The average Bonchev–Trinajstić information content (AvgIpc) is 2.87. The molecule has 1 heterocycles. The molecule has 2 aliphatic carbocycles. The van der Waals surface area contributed by atoms with Gasteiger partial charge in [0.2, 0.25) is 5.91 Å². The summed E-state index contributed by atoms with van der Waals surface area (Å²) < 4.78 is 66.6. The lowest BCUT2D eigenvalue weighted by Gasteiger charge is -2.14. The van der Waals surface area contributed by atoms with Gasteiger partial charge < -0.3 is 5.73 Å². The summed E-state index contributed by atoms with van der Waals surface area (Å²) in [6.45, 7) is -0.784. The Labute approximate surface area is 103 Å². The second-order valence-electron chi connectivity index (χ2n) is 4.80. The molecule has 0 aromatic carbocycles. The molecule has 1 aromatic rings. The van der Waals surface area contributed by atoms with E-state index in [4.69, 9.17) is 5.73 Å². The molecule has 0 aliphatic heterocycles. The normalized spacial score (nSPS) is 27.0. The number of hydrogen-bond acceptors (Lipinski definition) is 2. The zero-order valence-electron chi connectivity index (χ0n) is 9.34. The molecule has 19 heavy (non-hydrogen) atoms. The van der Waals surface area contributed by atoms with E-state index in [0.717, 1.165) is 0 Å². The summed E-state index contributed by atoms with van der Waals surface area (Å²) >= 11 is 0. The standard InChI is InChI=1S/C10H8F5N3O/c11-9(12)4-1-3(4)6-7(10(13,14)15)17-18(8(6)9)2-5(16)19/h3-4H,1-2H2,(H2,16,19)/t3-,4?/m0/s1. The van der Waals surface area contributed by atoms with Crippen LogP contribution in [-0.2, 0) is 23.4 Å². The molecular formula is C10H8F5N3O. The fourth-order valence-corrected chi connectivity index (χ4v) is 2.74. The highest BCUT2D eigenvalue weighted by atomic mass is 19.4. The molecule has 1 fully saturated rings.